The van der Waals surface area contributed by atoms with Gasteiger partial charge in [0.2, 0.25) is 0 Å². The second-order valence-electron chi connectivity index (χ2n) is 8.78. The second kappa shape index (κ2) is 9.97. The van der Waals surface area contributed by atoms with Crippen molar-refractivity contribution in [2.75, 3.05) is 0 Å². The molecule has 0 aromatic heterocycles. The van der Waals surface area contributed by atoms with Gasteiger partial charge in [0.15, 0.2) is 16.6 Å². The van der Waals surface area contributed by atoms with Gasteiger partial charge in [0.1, 0.15) is 5.41 Å². The fourth-order valence-corrected chi connectivity index (χ4v) is 9.86. The molecule has 0 rings (SSSR count). The summed E-state index contributed by atoms with van der Waals surface area (Å²) < 4.78 is 13.2. The Morgan fingerprint density at radius 1 is 0.963 bits per heavy atom. The highest BCUT2D eigenvalue weighted by atomic mass is 28.4. The first kappa shape index (κ1) is 26.0. The zero-order chi connectivity index (χ0) is 21.6. The number of aliphatic carboxylic acids is 2. The maximum absolute atomic E-state index is 11.4. The average Bonchev–Trinajstić information content (AvgIpc) is 2.46. The lowest BCUT2D eigenvalue weighted by Crippen LogP contribution is -2.57. The third-order valence-electron chi connectivity index (χ3n) is 3.82. The van der Waals surface area contributed by atoms with E-state index in [1.807, 2.05) is 0 Å². The number of rotatable bonds is 11. The van der Waals surface area contributed by atoms with Crippen molar-refractivity contribution in [3.05, 3.63) is 23.3 Å². The van der Waals surface area contributed by atoms with Crippen molar-refractivity contribution in [2.24, 2.45) is 5.92 Å². The molecule has 0 aliphatic carbocycles. The third-order valence-corrected chi connectivity index (χ3v) is 8.11. The molecular formula is C18H36O6Si3. The van der Waals surface area contributed by atoms with Crippen LogP contribution in [0.15, 0.2) is 23.3 Å². The summed E-state index contributed by atoms with van der Waals surface area (Å²) in [6, 6.07) is 0. The van der Waals surface area contributed by atoms with Gasteiger partial charge in [0, 0.05) is 17.1 Å². The minimum atomic E-state index is -2.01. The predicted octanol–water partition coefficient (Wildman–Crippen LogP) is 3.63. The second-order valence-corrected chi connectivity index (χ2v) is 19.3. The van der Waals surface area contributed by atoms with Crippen molar-refractivity contribution in [1.82, 2.24) is 0 Å². The molecule has 0 heterocycles. The highest BCUT2D eigenvalue weighted by Gasteiger charge is 2.44. The maximum atomic E-state index is 11.4. The van der Waals surface area contributed by atoms with E-state index in [1.54, 1.807) is 19.1 Å². The van der Waals surface area contributed by atoms with Crippen LogP contribution in [0.3, 0.4) is 0 Å². The van der Waals surface area contributed by atoms with E-state index >= 15 is 0 Å². The van der Waals surface area contributed by atoms with Crippen molar-refractivity contribution in [3.8, 4) is 0 Å². The van der Waals surface area contributed by atoms with Crippen LogP contribution >= 0.6 is 0 Å². The molecule has 0 aromatic carbocycles. The Kier molecular flexibility index (Phi) is 9.59. The Morgan fingerprint density at radius 3 is 1.67 bits per heavy atom. The fourth-order valence-electron chi connectivity index (χ4n) is 2.75. The SMILES string of the molecule is C[SiH2]C(O[Si](C)(C)C)(O[Si](C)(C)C)C(C=C(C)C(=O)O)CC=C(C)C(=O)O. The number of carbonyl (C=O) groups is 2. The molecule has 1 atom stereocenters. The summed E-state index contributed by atoms with van der Waals surface area (Å²) in [6.07, 6.45) is 3.68. The number of carboxylic acid groups (broad SMARTS) is 2. The molecule has 9 heteroatoms. The average molecular weight is 433 g/mol. The number of hydrogen-bond donors (Lipinski definition) is 2. The lowest BCUT2D eigenvalue weighted by atomic mass is 9.99. The number of allylic oxidation sites excluding steroid dienone is 1. The first-order valence-electron chi connectivity index (χ1n) is 9.25. The van der Waals surface area contributed by atoms with Gasteiger partial charge >= 0.3 is 11.9 Å². The van der Waals surface area contributed by atoms with E-state index in [9.17, 15) is 19.8 Å². The van der Waals surface area contributed by atoms with E-state index in [4.69, 9.17) is 8.85 Å². The van der Waals surface area contributed by atoms with E-state index in [1.165, 1.54) is 6.92 Å². The highest BCUT2D eigenvalue weighted by molar-refractivity contribution is 6.72. The van der Waals surface area contributed by atoms with E-state index in [2.05, 4.69) is 45.8 Å². The predicted molar refractivity (Wildman–Crippen MR) is 117 cm³/mol. The van der Waals surface area contributed by atoms with Crippen molar-refractivity contribution >= 4 is 38.1 Å². The molecule has 0 aromatic rings. The topological polar surface area (TPSA) is 93.1 Å². The monoisotopic (exact) mass is 432 g/mol. The molecule has 27 heavy (non-hydrogen) atoms. The first-order valence-corrected chi connectivity index (χ1v) is 18.2. The quantitative estimate of drug-likeness (QED) is 0.294. The van der Waals surface area contributed by atoms with Crippen LogP contribution in [0.1, 0.15) is 20.3 Å². The molecule has 0 amide bonds. The molecule has 0 fully saturated rings. The van der Waals surface area contributed by atoms with Crippen molar-refractivity contribution < 1.29 is 28.7 Å². The molecule has 156 valence electrons. The van der Waals surface area contributed by atoms with Gasteiger partial charge in [0.05, 0.1) is 9.52 Å². The van der Waals surface area contributed by atoms with Crippen LogP contribution < -0.4 is 0 Å². The van der Waals surface area contributed by atoms with Gasteiger partial charge in [0.25, 0.3) is 0 Å². The standard InChI is InChI=1S/C18H36O6Si3/c1-13(16(19)20)10-11-15(12-14(2)17(21)22)18(25-3,23-26(4,5)6)24-27(7,8)9/h10,12,15H,11,25H2,1-9H3,(H,19,20)(H,21,22). The molecule has 0 aliphatic heterocycles. The molecule has 0 aliphatic rings. The summed E-state index contributed by atoms with van der Waals surface area (Å²) in [4.78, 5) is 22.6. The van der Waals surface area contributed by atoms with Crippen LogP contribution in [0.5, 0.6) is 0 Å². The lowest BCUT2D eigenvalue weighted by Gasteiger charge is -2.46. The summed E-state index contributed by atoms with van der Waals surface area (Å²) in [5, 5.41) is 18.5. The Morgan fingerprint density at radius 2 is 1.37 bits per heavy atom. The number of carboxylic acids is 2. The largest absolute Gasteiger partial charge is 0.478 e. The van der Waals surface area contributed by atoms with Gasteiger partial charge in [-0.15, -0.1) is 0 Å². The van der Waals surface area contributed by atoms with E-state index in [0.717, 1.165) is 0 Å². The molecule has 0 spiro atoms. The van der Waals surface area contributed by atoms with Crippen LogP contribution in [-0.2, 0) is 18.4 Å². The lowest BCUT2D eigenvalue weighted by molar-refractivity contribution is -0.133. The highest BCUT2D eigenvalue weighted by Crippen LogP contribution is 2.35. The zero-order valence-corrected chi connectivity index (χ0v) is 21.6. The molecule has 0 radical (unpaired) electrons. The molecule has 0 bridgehead atoms. The third kappa shape index (κ3) is 9.65. The normalized spacial score (nSPS) is 16.0. The minimum absolute atomic E-state index is 0.214. The summed E-state index contributed by atoms with van der Waals surface area (Å²) in [5.41, 5.74) is -0.401. The Hall–Kier alpha value is -1.01. The molecule has 6 nitrogen and oxygen atoms in total. The van der Waals surface area contributed by atoms with Gasteiger partial charge in [-0.2, -0.15) is 0 Å². The Bertz CT molecular complexity index is 583. The Balaban J connectivity index is 6.37. The van der Waals surface area contributed by atoms with Crippen LogP contribution in [0.2, 0.25) is 45.8 Å². The molecule has 0 saturated heterocycles. The summed E-state index contributed by atoms with van der Waals surface area (Å²) in [6.45, 7) is 17.7. The van der Waals surface area contributed by atoms with E-state index < -0.39 is 43.5 Å². The summed E-state index contributed by atoms with van der Waals surface area (Å²) in [7, 11) is -4.94. The number of hydrogen-bond acceptors (Lipinski definition) is 4. The Labute approximate surface area is 167 Å². The van der Waals surface area contributed by atoms with Crippen LogP contribution in [0.25, 0.3) is 0 Å². The zero-order valence-electron chi connectivity index (χ0n) is 18.2. The molecule has 0 saturated carbocycles. The van der Waals surface area contributed by atoms with E-state index in [-0.39, 0.29) is 17.1 Å². The van der Waals surface area contributed by atoms with E-state index in [0.29, 0.717) is 6.42 Å². The van der Waals surface area contributed by atoms with Crippen molar-refractivity contribution in [2.45, 2.75) is 71.5 Å². The minimum Gasteiger partial charge on any atom is -0.478 e. The van der Waals surface area contributed by atoms with Crippen molar-refractivity contribution in [1.29, 1.82) is 0 Å². The van der Waals surface area contributed by atoms with Gasteiger partial charge in [-0.1, -0.05) is 18.7 Å². The first-order chi connectivity index (χ1) is 12.0. The van der Waals surface area contributed by atoms with Gasteiger partial charge in [-0.25, -0.2) is 9.59 Å². The maximum Gasteiger partial charge on any atom is 0.330 e. The van der Waals surface area contributed by atoms with Crippen LogP contribution in [-0.4, -0.2) is 53.7 Å². The fraction of sp³-hybridized carbons (Fsp3) is 0.667. The van der Waals surface area contributed by atoms with Crippen molar-refractivity contribution in [3.63, 3.8) is 0 Å². The summed E-state index contributed by atoms with van der Waals surface area (Å²) in [5.74, 6) is -2.33. The van der Waals surface area contributed by atoms with Gasteiger partial charge < -0.3 is 19.1 Å². The van der Waals surface area contributed by atoms with Crippen LogP contribution in [0, 0.1) is 5.92 Å². The van der Waals surface area contributed by atoms with Gasteiger partial charge in [-0.05, 0) is 59.6 Å². The molecule has 2 N–H and O–H groups in total. The van der Waals surface area contributed by atoms with Gasteiger partial charge in [-0.3, -0.25) is 0 Å². The smallest absolute Gasteiger partial charge is 0.330 e. The summed E-state index contributed by atoms with van der Waals surface area (Å²) >= 11 is 0. The van der Waals surface area contributed by atoms with Crippen LogP contribution in [0.4, 0.5) is 0 Å². The molecule has 1 unspecified atom stereocenters. The molecular weight excluding hydrogens is 396 g/mol.